The summed E-state index contributed by atoms with van der Waals surface area (Å²) in [5, 5.41) is 4.55. The number of para-hydroxylation sites is 2. The maximum absolute atomic E-state index is 13.7. The van der Waals surface area contributed by atoms with E-state index < -0.39 is 0 Å². The van der Waals surface area contributed by atoms with Crippen molar-refractivity contribution < 1.29 is 19.0 Å². The lowest BCUT2D eigenvalue weighted by Crippen LogP contribution is -2.32. The average Bonchev–Trinajstić information content (AvgIpc) is 3.32. The van der Waals surface area contributed by atoms with Gasteiger partial charge in [-0.25, -0.2) is 14.6 Å². The van der Waals surface area contributed by atoms with E-state index in [1.807, 2.05) is 67.6 Å². The molecule has 2 aromatic carbocycles. The fraction of sp³-hybridized carbons (Fsp3) is 0.286. The van der Waals surface area contributed by atoms with Crippen molar-refractivity contribution in [3.8, 4) is 28.8 Å². The van der Waals surface area contributed by atoms with E-state index in [2.05, 4.69) is 15.1 Å². The predicted octanol–water partition coefficient (Wildman–Crippen LogP) is 4.98. The Kier molecular flexibility index (Phi) is 7.30. The highest BCUT2D eigenvalue weighted by Gasteiger charge is 2.24. The van der Waals surface area contributed by atoms with Gasteiger partial charge in [0.2, 0.25) is 11.7 Å². The molecule has 0 fully saturated rings. The van der Waals surface area contributed by atoms with E-state index >= 15 is 0 Å². The number of pyridine rings is 1. The number of aryl methyl sites for hydroxylation is 1. The summed E-state index contributed by atoms with van der Waals surface area (Å²) in [7, 11) is 1.62. The Morgan fingerprint density at radius 2 is 1.78 bits per heavy atom. The van der Waals surface area contributed by atoms with Crippen molar-refractivity contribution in [2.24, 2.45) is 0 Å². The molecule has 0 radical (unpaired) electrons. The highest BCUT2D eigenvalue weighted by molar-refractivity contribution is 5.90. The van der Waals surface area contributed by atoms with Crippen LogP contribution in [0.25, 0.3) is 5.69 Å². The van der Waals surface area contributed by atoms with Crippen molar-refractivity contribution in [1.82, 2.24) is 24.6 Å². The van der Waals surface area contributed by atoms with Gasteiger partial charge in [0.1, 0.15) is 11.6 Å². The molecule has 0 saturated heterocycles. The molecule has 37 heavy (non-hydrogen) atoms. The molecule has 1 amide bonds. The number of rotatable bonds is 3. The van der Waals surface area contributed by atoms with Gasteiger partial charge < -0.3 is 19.1 Å². The minimum atomic E-state index is -0.239. The van der Waals surface area contributed by atoms with Crippen LogP contribution in [0.15, 0.2) is 66.9 Å². The smallest absolute Gasteiger partial charge is 0.293 e. The van der Waals surface area contributed by atoms with Crippen molar-refractivity contribution in [2.45, 2.75) is 32.7 Å². The zero-order chi connectivity index (χ0) is 25.6. The number of benzene rings is 2. The molecular formula is C28H29N5O4. The Hall–Kier alpha value is -4.40. The van der Waals surface area contributed by atoms with Crippen molar-refractivity contribution >= 4 is 5.91 Å². The van der Waals surface area contributed by atoms with Gasteiger partial charge in [-0.15, -0.1) is 5.10 Å². The van der Waals surface area contributed by atoms with Gasteiger partial charge >= 0.3 is 0 Å². The third-order valence-corrected chi connectivity index (χ3v) is 6.16. The van der Waals surface area contributed by atoms with Crippen molar-refractivity contribution in [3.05, 3.63) is 84.1 Å². The Labute approximate surface area is 215 Å². The van der Waals surface area contributed by atoms with E-state index in [4.69, 9.17) is 14.2 Å². The van der Waals surface area contributed by atoms with Crippen molar-refractivity contribution in [2.75, 3.05) is 20.3 Å². The summed E-state index contributed by atoms with van der Waals surface area (Å²) in [5.74, 6) is 2.98. The molecule has 9 heteroatoms. The number of carbonyl (C=O) groups is 1. The van der Waals surface area contributed by atoms with Gasteiger partial charge in [0.15, 0.2) is 11.5 Å². The largest absolute Gasteiger partial charge is 0.497 e. The molecule has 0 spiro atoms. The lowest BCUT2D eigenvalue weighted by atomic mass is 10.2. The van der Waals surface area contributed by atoms with Gasteiger partial charge in [-0.1, -0.05) is 18.2 Å². The number of hydrogen-bond acceptors (Lipinski definition) is 7. The molecule has 9 nitrogen and oxygen atoms in total. The summed E-state index contributed by atoms with van der Waals surface area (Å²) in [5.41, 5.74) is 1.59. The van der Waals surface area contributed by atoms with Crippen LogP contribution in [0, 0.1) is 6.92 Å². The number of fused-ring (bicyclic) bond motifs is 2. The highest BCUT2D eigenvalue weighted by atomic mass is 16.5. The summed E-state index contributed by atoms with van der Waals surface area (Å²) in [6.07, 6.45) is 4.28. The molecule has 0 atom stereocenters. The average molecular weight is 500 g/mol. The molecule has 4 aromatic rings. The number of carbonyl (C=O) groups excluding carboxylic acids is 1. The second kappa shape index (κ2) is 11.1. The number of nitrogens with zero attached hydrogens (tertiary/aromatic N) is 5. The van der Waals surface area contributed by atoms with E-state index in [1.54, 1.807) is 22.9 Å². The molecular weight excluding hydrogens is 470 g/mol. The highest BCUT2D eigenvalue weighted by Crippen LogP contribution is 2.33. The molecule has 190 valence electrons. The third kappa shape index (κ3) is 5.55. The Morgan fingerprint density at radius 3 is 2.59 bits per heavy atom. The van der Waals surface area contributed by atoms with Gasteiger partial charge in [-0.05, 0) is 68.7 Å². The molecule has 0 saturated carbocycles. The van der Waals surface area contributed by atoms with E-state index in [1.165, 1.54) is 0 Å². The molecule has 1 aliphatic heterocycles. The summed E-state index contributed by atoms with van der Waals surface area (Å²) in [4.78, 5) is 24.4. The van der Waals surface area contributed by atoms with Crippen LogP contribution in [-0.2, 0) is 6.54 Å². The fourth-order valence-electron chi connectivity index (χ4n) is 4.21. The van der Waals surface area contributed by atoms with Crippen LogP contribution in [-0.4, -0.2) is 50.8 Å². The molecule has 5 rings (SSSR count). The maximum Gasteiger partial charge on any atom is 0.293 e. The fourth-order valence-corrected chi connectivity index (χ4v) is 4.21. The zero-order valence-corrected chi connectivity index (χ0v) is 21.0. The summed E-state index contributed by atoms with van der Waals surface area (Å²) in [6.45, 7) is 3.27. The van der Waals surface area contributed by atoms with Crippen LogP contribution in [0.1, 0.15) is 41.3 Å². The number of methoxy groups -OCH3 is 1. The Bertz CT molecular complexity index is 1370. The number of aromatic nitrogens is 4. The monoisotopic (exact) mass is 499 g/mol. The van der Waals surface area contributed by atoms with Gasteiger partial charge in [0.05, 0.1) is 25.9 Å². The summed E-state index contributed by atoms with van der Waals surface area (Å²) >= 11 is 0. The van der Waals surface area contributed by atoms with Crippen molar-refractivity contribution in [1.29, 1.82) is 0 Å². The Balaban J connectivity index is 1.44. The molecule has 0 bridgehead atoms. The third-order valence-electron chi connectivity index (χ3n) is 6.16. The predicted molar refractivity (Wildman–Crippen MR) is 137 cm³/mol. The SMILES string of the molecule is COc1ccc(-n2nc(C(=O)N3CCCCCOc4ccccc4Oc4ncccc4C3)nc2C)cc1. The minimum absolute atomic E-state index is 0.151. The van der Waals surface area contributed by atoms with Crippen LogP contribution in [0.4, 0.5) is 0 Å². The first kappa shape index (κ1) is 24.3. The van der Waals surface area contributed by atoms with E-state index in [9.17, 15) is 4.79 Å². The van der Waals surface area contributed by atoms with E-state index in [-0.39, 0.29) is 11.7 Å². The van der Waals surface area contributed by atoms with Crippen molar-refractivity contribution in [3.63, 3.8) is 0 Å². The van der Waals surface area contributed by atoms with Crippen LogP contribution in [0.2, 0.25) is 0 Å². The number of ether oxygens (including phenoxy) is 3. The Morgan fingerprint density at radius 1 is 0.973 bits per heavy atom. The zero-order valence-electron chi connectivity index (χ0n) is 21.0. The van der Waals surface area contributed by atoms with Crippen LogP contribution < -0.4 is 14.2 Å². The van der Waals surface area contributed by atoms with Crippen LogP contribution >= 0.6 is 0 Å². The lowest BCUT2D eigenvalue weighted by Gasteiger charge is -2.22. The minimum Gasteiger partial charge on any atom is -0.497 e. The standard InChI is InChI=1S/C28H29N5O4/c1-20-30-26(31-33(20)22-12-14-23(35-2)15-13-22)28(34)32-17-6-3-7-18-36-24-10-4-5-11-25(24)37-27-21(19-32)9-8-16-29-27/h4-5,8-16H,3,6-7,17-19H2,1-2H3. The first-order valence-corrected chi connectivity index (χ1v) is 12.3. The van der Waals surface area contributed by atoms with Gasteiger partial charge in [0, 0.05) is 18.3 Å². The second-order valence-electron chi connectivity index (χ2n) is 8.74. The van der Waals surface area contributed by atoms with Crippen LogP contribution in [0.3, 0.4) is 0 Å². The first-order chi connectivity index (χ1) is 18.1. The molecule has 1 aliphatic rings. The molecule has 3 heterocycles. The number of amides is 1. The summed E-state index contributed by atoms with van der Waals surface area (Å²) < 4.78 is 19.0. The van der Waals surface area contributed by atoms with Crippen LogP contribution in [0.5, 0.6) is 23.1 Å². The van der Waals surface area contributed by atoms with E-state index in [0.717, 1.165) is 36.3 Å². The van der Waals surface area contributed by atoms with Gasteiger partial charge in [-0.3, -0.25) is 4.79 Å². The molecule has 0 unspecified atom stereocenters. The maximum atomic E-state index is 13.7. The summed E-state index contributed by atoms with van der Waals surface area (Å²) in [6, 6.07) is 18.8. The van der Waals surface area contributed by atoms with Gasteiger partial charge in [-0.2, -0.15) is 0 Å². The quantitative estimate of drug-likeness (QED) is 0.393. The topological polar surface area (TPSA) is 91.6 Å². The lowest BCUT2D eigenvalue weighted by molar-refractivity contribution is 0.0726. The normalized spacial score (nSPS) is 14.1. The van der Waals surface area contributed by atoms with E-state index in [0.29, 0.717) is 42.9 Å². The molecule has 0 N–H and O–H groups in total. The second-order valence-corrected chi connectivity index (χ2v) is 8.74. The number of hydrogen-bond donors (Lipinski definition) is 0. The molecule has 2 aromatic heterocycles. The first-order valence-electron chi connectivity index (χ1n) is 12.3. The molecule has 0 aliphatic carbocycles. The van der Waals surface area contributed by atoms with Gasteiger partial charge in [0.25, 0.3) is 5.91 Å².